The Morgan fingerprint density at radius 2 is 1.85 bits per heavy atom. The highest BCUT2D eigenvalue weighted by Gasteiger charge is 2.04. The van der Waals surface area contributed by atoms with Gasteiger partial charge in [-0.05, 0) is 29.8 Å². The number of para-hydroxylation sites is 2. The van der Waals surface area contributed by atoms with Crippen LogP contribution in [0, 0.1) is 0 Å². The number of halogens is 1. The van der Waals surface area contributed by atoms with Crippen molar-refractivity contribution in [2.24, 2.45) is 0 Å². The van der Waals surface area contributed by atoms with Gasteiger partial charge in [0, 0.05) is 11.6 Å². The van der Waals surface area contributed by atoms with Crippen LogP contribution in [-0.4, -0.2) is 14.8 Å². The molecule has 0 radical (unpaired) electrons. The maximum atomic E-state index is 5.88. The van der Waals surface area contributed by atoms with Gasteiger partial charge in [-0.1, -0.05) is 35.9 Å². The first-order valence-electron chi connectivity index (χ1n) is 6.25. The minimum absolute atomic E-state index is 0.725. The second-order valence-corrected chi connectivity index (χ2v) is 4.77. The van der Waals surface area contributed by atoms with E-state index >= 15 is 0 Å². The first kappa shape index (κ1) is 12.7. The first-order chi connectivity index (χ1) is 9.83. The van der Waals surface area contributed by atoms with Gasteiger partial charge in [-0.3, -0.25) is 0 Å². The number of aromatic nitrogens is 3. The van der Waals surface area contributed by atoms with Gasteiger partial charge in [-0.15, -0.1) is 0 Å². The summed E-state index contributed by atoms with van der Waals surface area (Å²) in [6, 6.07) is 15.8. The lowest BCUT2D eigenvalue weighted by molar-refractivity contribution is 0.878. The van der Waals surface area contributed by atoms with Gasteiger partial charge < -0.3 is 5.32 Å². The van der Waals surface area contributed by atoms with E-state index in [2.05, 4.69) is 15.4 Å². The molecule has 2 aromatic carbocycles. The summed E-state index contributed by atoms with van der Waals surface area (Å²) >= 11 is 5.88. The van der Waals surface area contributed by atoms with Crippen molar-refractivity contribution in [1.29, 1.82) is 0 Å². The van der Waals surface area contributed by atoms with E-state index in [1.54, 1.807) is 11.0 Å². The van der Waals surface area contributed by atoms with Crippen molar-refractivity contribution < 1.29 is 0 Å². The lowest BCUT2D eigenvalue weighted by atomic mass is 10.2. The van der Waals surface area contributed by atoms with Crippen LogP contribution < -0.4 is 5.32 Å². The fraction of sp³-hybridized carbons (Fsp3) is 0.0667. The number of benzene rings is 2. The molecule has 5 heteroatoms. The Labute approximate surface area is 122 Å². The Hall–Kier alpha value is -2.33. The quantitative estimate of drug-likeness (QED) is 0.797. The van der Waals surface area contributed by atoms with E-state index in [-0.39, 0.29) is 0 Å². The monoisotopic (exact) mass is 284 g/mol. The molecule has 20 heavy (non-hydrogen) atoms. The van der Waals surface area contributed by atoms with E-state index in [0.717, 1.165) is 22.9 Å². The Balaban J connectivity index is 1.79. The molecular weight excluding hydrogens is 272 g/mol. The van der Waals surface area contributed by atoms with Crippen molar-refractivity contribution >= 4 is 17.3 Å². The highest BCUT2D eigenvalue weighted by atomic mass is 35.5. The van der Waals surface area contributed by atoms with E-state index in [0.29, 0.717) is 0 Å². The summed E-state index contributed by atoms with van der Waals surface area (Å²) in [6.07, 6.45) is 3.21. The van der Waals surface area contributed by atoms with Crippen molar-refractivity contribution in [3.63, 3.8) is 0 Å². The fourth-order valence-electron chi connectivity index (χ4n) is 1.96. The predicted molar refractivity (Wildman–Crippen MR) is 80.1 cm³/mol. The van der Waals surface area contributed by atoms with E-state index < -0.39 is 0 Å². The predicted octanol–water partition coefficient (Wildman–Crippen LogP) is 3.53. The van der Waals surface area contributed by atoms with Crippen LogP contribution in [0.3, 0.4) is 0 Å². The highest BCUT2D eigenvalue weighted by molar-refractivity contribution is 6.30. The Kier molecular flexibility index (Phi) is 3.65. The summed E-state index contributed by atoms with van der Waals surface area (Å²) in [4.78, 5) is 3.98. The Morgan fingerprint density at radius 3 is 2.60 bits per heavy atom. The van der Waals surface area contributed by atoms with Crippen LogP contribution in [0.1, 0.15) is 5.56 Å². The average Bonchev–Trinajstić information content (AvgIpc) is 3.01. The van der Waals surface area contributed by atoms with Gasteiger partial charge in [0.15, 0.2) is 0 Å². The molecule has 3 aromatic rings. The molecule has 0 unspecified atom stereocenters. The number of nitrogens with one attached hydrogen (secondary N) is 1. The molecule has 1 N–H and O–H groups in total. The maximum Gasteiger partial charge on any atom is 0.138 e. The molecular formula is C15H13ClN4. The molecule has 0 fully saturated rings. The maximum absolute atomic E-state index is 5.88. The van der Waals surface area contributed by atoms with Crippen molar-refractivity contribution in [3.05, 3.63) is 71.8 Å². The van der Waals surface area contributed by atoms with Crippen molar-refractivity contribution in [3.8, 4) is 5.69 Å². The van der Waals surface area contributed by atoms with E-state index in [1.807, 2.05) is 48.5 Å². The van der Waals surface area contributed by atoms with Crippen LogP contribution in [0.15, 0.2) is 61.2 Å². The van der Waals surface area contributed by atoms with Crippen LogP contribution in [0.5, 0.6) is 0 Å². The molecule has 4 nitrogen and oxygen atoms in total. The number of rotatable bonds is 4. The summed E-state index contributed by atoms with van der Waals surface area (Å²) in [7, 11) is 0. The Bertz CT molecular complexity index is 677. The summed E-state index contributed by atoms with van der Waals surface area (Å²) in [6.45, 7) is 0.725. The molecule has 1 heterocycles. The number of hydrogen-bond donors (Lipinski definition) is 1. The highest BCUT2D eigenvalue weighted by Crippen LogP contribution is 2.19. The van der Waals surface area contributed by atoms with Crippen LogP contribution in [0.4, 0.5) is 5.69 Å². The SMILES string of the molecule is Clc1ccc(CNc2ccccc2-n2cncn2)cc1. The largest absolute Gasteiger partial charge is 0.379 e. The summed E-state index contributed by atoms with van der Waals surface area (Å²) in [5.41, 5.74) is 3.15. The zero-order valence-corrected chi connectivity index (χ0v) is 11.5. The third-order valence-electron chi connectivity index (χ3n) is 2.97. The van der Waals surface area contributed by atoms with Crippen LogP contribution in [0.25, 0.3) is 5.69 Å². The minimum Gasteiger partial charge on any atom is -0.379 e. The lowest BCUT2D eigenvalue weighted by Crippen LogP contribution is -2.04. The second kappa shape index (κ2) is 5.75. The average molecular weight is 285 g/mol. The molecule has 0 amide bonds. The van der Waals surface area contributed by atoms with Gasteiger partial charge >= 0.3 is 0 Å². The molecule has 3 rings (SSSR count). The third kappa shape index (κ3) is 2.81. The van der Waals surface area contributed by atoms with Gasteiger partial charge in [-0.25, -0.2) is 9.67 Å². The number of hydrogen-bond acceptors (Lipinski definition) is 3. The van der Waals surface area contributed by atoms with Gasteiger partial charge in [0.1, 0.15) is 12.7 Å². The van der Waals surface area contributed by atoms with Gasteiger partial charge in [-0.2, -0.15) is 5.10 Å². The molecule has 0 aliphatic carbocycles. The van der Waals surface area contributed by atoms with Gasteiger partial charge in [0.2, 0.25) is 0 Å². The number of nitrogens with zero attached hydrogens (tertiary/aromatic N) is 3. The molecule has 0 atom stereocenters. The molecule has 1 aromatic heterocycles. The molecule has 0 saturated carbocycles. The molecule has 0 bridgehead atoms. The van der Waals surface area contributed by atoms with Crippen LogP contribution in [0.2, 0.25) is 5.02 Å². The number of anilines is 1. The molecule has 0 aliphatic rings. The topological polar surface area (TPSA) is 42.7 Å². The fourth-order valence-corrected chi connectivity index (χ4v) is 2.08. The Morgan fingerprint density at radius 1 is 1.05 bits per heavy atom. The van der Waals surface area contributed by atoms with Gasteiger partial charge in [0.25, 0.3) is 0 Å². The van der Waals surface area contributed by atoms with E-state index in [4.69, 9.17) is 11.6 Å². The van der Waals surface area contributed by atoms with Crippen LogP contribution >= 0.6 is 11.6 Å². The van der Waals surface area contributed by atoms with Gasteiger partial charge in [0.05, 0.1) is 11.4 Å². The lowest BCUT2D eigenvalue weighted by Gasteiger charge is -2.11. The molecule has 0 spiro atoms. The molecule has 0 aliphatic heterocycles. The van der Waals surface area contributed by atoms with Crippen molar-refractivity contribution in [1.82, 2.24) is 14.8 Å². The summed E-state index contributed by atoms with van der Waals surface area (Å²) in [5, 5.41) is 8.31. The van der Waals surface area contributed by atoms with Crippen LogP contribution in [-0.2, 0) is 6.54 Å². The minimum atomic E-state index is 0.725. The zero-order valence-electron chi connectivity index (χ0n) is 10.7. The summed E-state index contributed by atoms with van der Waals surface area (Å²) < 4.78 is 1.74. The first-order valence-corrected chi connectivity index (χ1v) is 6.63. The third-order valence-corrected chi connectivity index (χ3v) is 3.22. The molecule has 100 valence electrons. The normalized spacial score (nSPS) is 10.4. The van der Waals surface area contributed by atoms with E-state index in [1.165, 1.54) is 11.9 Å². The second-order valence-electron chi connectivity index (χ2n) is 4.34. The zero-order chi connectivity index (χ0) is 13.8. The van der Waals surface area contributed by atoms with Crippen molar-refractivity contribution in [2.45, 2.75) is 6.54 Å². The summed E-state index contributed by atoms with van der Waals surface area (Å²) in [5.74, 6) is 0. The smallest absolute Gasteiger partial charge is 0.138 e. The van der Waals surface area contributed by atoms with Crippen molar-refractivity contribution in [2.75, 3.05) is 5.32 Å². The standard InChI is InChI=1S/C15H13ClN4/c16-13-7-5-12(6-8-13)9-18-14-3-1-2-4-15(14)20-11-17-10-19-20/h1-8,10-11,18H,9H2. The molecule has 0 saturated heterocycles. The van der Waals surface area contributed by atoms with E-state index in [9.17, 15) is 0 Å².